The molecule has 0 saturated heterocycles. The highest BCUT2D eigenvalue weighted by Gasteiger charge is 2.40. The number of allylic oxidation sites excluding steroid dienone is 1. The van der Waals surface area contributed by atoms with Crippen LogP contribution in [0.5, 0.6) is 0 Å². The number of nitro groups is 1. The first-order valence-electron chi connectivity index (χ1n) is 8.47. The number of Topliss-reactive ketones (excluding diaryl/α,β-unsaturated/α-hetero) is 1. The Morgan fingerprint density at radius 2 is 1.79 bits per heavy atom. The molecule has 7 nitrogen and oxygen atoms in total. The van der Waals surface area contributed by atoms with Crippen LogP contribution in [0.1, 0.15) is 38.5 Å². The molecule has 2 aromatic rings. The Bertz CT molecular complexity index is 952. The molecule has 1 aliphatic heterocycles. The highest BCUT2D eigenvalue weighted by molar-refractivity contribution is 6.01. The minimum absolute atomic E-state index is 0. The van der Waals surface area contributed by atoms with Gasteiger partial charge in [0, 0.05) is 17.7 Å². The molecule has 0 saturated carbocycles. The standard InChI is InChI=1S/C19H19N3O4.2ClH/c1-19(2)9-13-17(14(23)10-19)18(15-7-8-16(26-15)22(24)25)21-12-6-4-3-5-11(12)20-13;;/h3-8,18,20-21H,9-10H2,1-2H3;2*1H. The van der Waals surface area contributed by atoms with Crippen molar-refractivity contribution in [2.75, 3.05) is 10.6 Å². The second-order valence-electron chi connectivity index (χ2n) is 7.51. The van der Waals surface area contributed by atoms with Crippen LogP contribution in [0.3, 0.4) is 0 Å². The van der Waals surface area contributed by atoms with E-state index in [1.807, 2.05) is 24.3 Å². The number of ketones is 1. The topological polar surface area (TPSA) is 97.4 Å². The van der Waals surface area contributed by atoms with Crippen molar-refractivity contribution in [3.05, 3.63) is 63.5 Å². The molecule has 1 atom stereocenters. The molecule has 4 rings (SSSR count). The van der Waals surface area contributed by atoms with E-state index in [-0.39, 0.29) is 41.9 Å². The fourth-order valence-electron chi connectivity index (χ4n) is 3.70. The summed E-state index contributed by atoms with van der Waals surface area (Å²) in [5.41, 5.74) is 2.96. The van der Waals surface area contributed by atoms with Gasteiger partial charge in [-0.25, -0.2) is 0 Å². The van der Waals surface area contributed by atoms with Crippen LogP contribution in [0.2, 0.25) is 0 Å². The third kappa shape index (κ3) is 3.86. The maximum atomic E-state index is 13.0. The van der Waals surface area contributed by atoms with Gasteiger partial charge in [-0.2, -0.15) is 0 Å². The SMILES string of the molecule is CC1(C)CC(=O)C2=C(C1)Nc1ccccc1NC2c1ccc([N+](=O)[O-])o1.Cl.Cl. The van der Waals surface area contributed by atoms with E-state index in [0.29, 0.717) is 24.2 Å². The van der Waals surface area contributed by atoms with E-state index in [4.69, 9.17) is 4.42 Å². The van der Waals surface area contributed by atoms with Gasteiger partial charge in [-0.15, -0.1) is 24.8 Å². The molecule has 1 aromatic carbocycles. The Balaban J connectivity index is 0.00000140. The third-order valence-electron chi connectivity index (χ3n) is 4.80. The van der Waals surface area contributed by atoms with E-state index in [2.05, 4.69) is 24.5 Å². The van der Waals surface area contributed by atoms with Crippen LogP contribution in [0.25, 0.3) is 0 Å². The number of nitrogens with zero attached hydrogens (tertiary/aromatic N) is 1. The van der Waals surface area contributed by atoms with Gasteiger partial charge < -0.3 is 15.1 Å². The van der Waals surface area contributed by atoms with Crippen molar-refractivity contribution in [2.45, 2.75) is 32.7 Å². The molecule has 2 aliphatic rings. The lowest BCUT2D eigenvalue weighted by Gasteiger charge is -2.33. The Labute approximate surface area is 174 Å². The van der Waals surface area contributed by atoms with Crippen LogP contribution in [0, 0.1) is 15.5 Å². The van der Waals surface area contributed by atoms with Crippen molar-refractivity contribution < 1.29 is 14.1 Å². The lowest BCUT2D eigenvalue weighted by molar-refractivity contribution is -0.402. The average Bonchev–Trinajstić information content (AvgIpc) is 2.98. The summed E-state index contributed by atoms with van der Waals surface area (Å²) < 4.78 is 5.43. The average molecular weight is 426 g/mol. The van der Waals surface area contributed by atoms with Gasteiger partial charge >= 0.3 is 5.88 Å². The summed E-state index contributed by atoms with van der Waals surface area (Å²) in [6, 6.07) is 9.96. The molecular weight excluding hydrogens is 405 g/mol. The van der Waals surface area contributed by atoms with E-state index in [0.717, 1.165) is 17.1 Å². The predicted molar refractivity (Wildman–Crippen MR) is 111 cm³/mol. The first-order chi connectivity index (χ1) is 12.3. The Morgan fingerprint density at radius 3 is 2.43 bits per heavy atom. The van der Waals surface area contributed by atoms with Crippen LogP contribution in [0.4, 0.5) is 17.3 Å². The number of hydrogen-bond acceptors (Lipinski definition) is 6. The lowest BCUT2D eigenvalue weighted by Crippen LogP contribution is -2.31. The fraction of sp³-hybridized carbons (Fsp3) is 0.316. The van der Waals surface area contributed by atoms with Crippen molar-refractivity contribution in [1.29, 1.82) is 0 Å². The molecule has 0 radical (unpaired) electrons. The number of benzene rings is 1. The molecule has 150 valence electrons. The zero-order chi connectivity index (χ0) is 18.5. The number of hydrogen-bond donors (Lipinski definition) is 2. The van der Waals surface area contributed by atoms with E-state index in [1.165, 1.54) is 6.07 Å². The van der Waals surface area contributed by atoms with Crippen molar-refractivity contribution >= 4 is 47.9 Å². The Morgan fingerprint density at radius 1 is 1.11 bits per heavy atom. The lowest BCUT2D eigenvalue weighted by atomic mass is 9.74. The van der Waals surface area contributed by atoms with Crippen molar-refractivity contribution in [2.24, 2.45) is 5.41 Å². The minimum Gasteiger partial charge on any atom is -0.403 e. The van der Waals surface area contributed by atoms with E-state index in [1.54, 1.807) is 6.07 Å². The van der Waals surface area contributed by atoms with Gasteiger partial charge in [0.15, 0.2) is 5.78 Å². The molecule has 1 unspecified atom stereocenters. The summed E-state index contributed by atoms with van der Waals surface area (Å²) in [5, 5.41) is 17.7. The minimum atomic E-state index is -0.576. The molecule has 0 bridgehead atoms. The number of nitrogens with one attached hydrogen (secondary N) is 2. The van der Waals surface area contributed by atoms with Crippen LogP contribution in [-0.4, -0.2) is 10.7 Å². The molecular formula is C19H21Cl2N3O4. The zero-order valence-corrected chi connectivity index (χ0v) is 17.0. The van der Waals surface area contributed by atoms with Crippen molar-refractivity contribution in [3.8, 4) is 0 Å². The van der Waals surface area contributed by atoms with Gasteiger partial charge in [-0.3, -0.25) is 14.9 Å². The second kappa shape index (κ2) is 7.85. The monoisotopic (exact) mass is 425 g/mol. The molecule has 28 heavy (non-hydrogen) atoms. The van der Waals surface area contributed by atoms with Crippen LogP contribution < -0.4 is 10.6 Å². The molecule has 1 aliphatic carbocycles. The smallest absolute Gasteiger partial charge is 0.403 e. The maximum Gasteiger partial charge on any atom is 0.433 e. The summed E-state index contributed by atoms with van der Waals surface area (Å²) in [4.78, 5) is 23.4. The van der Waals surface area contributed by atoms with Gasteiger partial charge in [-0.05, 0) is 30.0 Å². The highest BCUT2D eigenvalue weighted by Crippen LogP contribution is 2.45. The molecule has 1 aromatic heterocycles. The van der Waals surface area contributed by atoms with Gasteiger partial charge in [0.2, 0.25) is 0 Å². The third-order valence-corrected chi connectivity index (χ3v) is 4.80. The zero-order valence-electron chi connectivity index (χ0n) is 15.4. The summed E-state index contributed by atoms with van der Waals surface area (Å²) >= 11 is 0. The first kappa shape index (κ1) is 21.8. The molecule has 0 spiro atoms. The predicted octanol–water partition coefficient (Wildman–Crippen LogP) is 5.25. The summed E-state index contributed by atoms with van der Waals surface area (Å²) in [5.74, 6) is 0.0434. The van der Waals surface area contributed by atoms with Crippen molar-refractivity contribution in [1.82, 2.24) is 0 Å². The normalized spacial score (nSPS) is 19.6. The molecule has 2 heterocycles. The number of rotatable bonds is 2. The number of fused-ring (bicyclic) bond motifs is 1. The fourth-order valence-corrected chi connectivity index (χ4v) is 3.70. The summed E-state index contributed by atoms with van der Waals surface area (Å²) in [7, 11) is 0. The largest absolute Gasteiger partial charge is 0.433 e. The van der Waals surface area contributed by atoms with Gasteiger partial charge in [0.1, 0.15) is 16.7 Å². The van der Waals surface area contributed by atoms with E-state index < -0.39 is 11.0 Å². The van der Waals surface area contributed by atoms with Gasteiger partial charge in [-0.1, -0.05) is 26.0 Å². The number of furan rings is 1. The summed E-state index contributed by atoms with van der Waals surface area (Å²) in [6.45, 7) is 4.13. The Kier molecular flexibility index (Phi) is 6.11. The number of anilines is 2. The number of halogens is 2. The number of carbonyl (C=O) groups is 1. The quantitative estimate of drug-likeness (QED) is 0.503. The number of carbonyl (C=O) groups excluding carboxylic acids is 1. The van der Waals surface area contributed by atoms with Crippen LogP contribution in [0.15, 0.2) is 52.1 Å². The highest BCUT2D eigenvalue weighted by atomic mass is 35.5. The second-order valence-corrected chi connectivity index (χ2v) is 7.51. The maximum absolute atomic E-state index is 13.0. The van der Waals surface area contributed by atoms with Gasteiger partial charge in [0.05, 0.1) is 17.4 Å². The Hall–Kier alpha value is -2.51. The van der Waals surface area contributed by atoms with E-state index >= 15 is 0 Å². The molecule has 0 fully saturated rings. The molecule has 0 amide bonds. The van der Waals surface area contributed by atoms with Crippen LogP contribution >= 0.6 is 24.8 Å². The van der Waals surface area contributed by atoms with Crippen LogP contribution in [-0.2, 0) is 4.79 Å². The number of para-hydroxylation sites is 2. The summed E-state index contributed by atoms with van der Waals surface area (Å²) in [6.07, 6.45) is 1.13. The first-order valence-corrected chi connectivity index (χ1v) is 8.47. The van der Waals surface area contributed by atoms with E-state index in [9.17, 15) is 14.9 Å². The molecule has 2 N–H and O–H groups in total. The van der Waals surface area contributed by atoms with Crippen molar-refractivity contribution in [3.63, 3.8) is 0 Å². The molecule has 9 heteroatoms. The van der Waals surface area contributed by atoms with Gasteiger partial charge in [0.25, 0.3) is 0 Å².